The first-order valence-corrected chi connectivity index (χ1v) is 12.2. The lowest BCUT2D eigenvalue weighted by molar-refractivity contribution is 0.0928. The summed E-state index contributed by atoms with van der Waals surface area (Å²) in [5.41, 5.74) is 5.13. The van der Waals surface area contributed by atoms with Crippen LogP contribution in [0.4, 0.5) is 5.69 Å². The predicted molar refractivity (Wildman–Crippen MR) is 142 cm³/mol. The van der Waals surface area contributed by atoms with E-state index in [1.807, 2.05) is 6.07 Å². The number of nitrogens with one attached hydrogen (secondary N) is 2. The number of ether oxygens (including phenoxy) is 2. The van der Waals surface area contributed by atoms with Crippen LogP contribution in [0, 0.1) is 0 Å². The number of rotatable bonds is 7. The van der Waals surface area contributed by atoms with Gasteiger partial charge in [0.1, 0.15) is 34.9 Å². The number of aromatic nitrogens is 3. The molecule has 0 radical (unpaired) electrons. The van der Waals surface area contributed by atoms with Gasteiger partial charge in [-0.05, 0) is 60.2 Å². The molecule has 5 rings (SSSR count). The van der Waals surface area contributed by atoms with Gasteiger partial charge in [0.25, 0.3) is 11.8 Å². The molecule has 0 bridgehead atoms. The summed E-state index contributed by atoms with van der Waals surface area (Å²) in [6, 6.07) is 16.1. The van der Waals surface area contributed by atoms with Gasteiger partial charge in [-0.3, -0.25) is 9.59 Å². The van der Waals surface area contributed by atoms with Gasteiger partial charge in [-0.25, -0.2) is 15.0 Å². The van der Waals surface area contributed by atoms with E-state index < -0.39 is 5.91 Å². The fourth-order valence-electron chi connectivity index (χ4n) is 4.72. The summed E-state index contributed by atoms with van der Waals surface area (Å²) in [7, 11) is 3.02. The number of carbonyl (C=O) groups is 2. The van der Waals surface area contributed by atoms with E-state index in [9.17, 15) is 9.59 Å². The fourth-order valence-corrected chi connectivity index (χ4v) is 4.72. The zero-order valence-corrected chi connectivity index (χ0v) is 21.1. The molecular formula is C29H27N5O4. The number of hydrogen-bond donors (Lipinski definition) is 2. The van der Waals surface area contributed by atoms with Crippen molar-refractivity contribution in [3.8, 4) is 22.6 Å². The lowest BCUT2D eigenvalue weighted by atomic mass is 9.84. The van der Waals surface area contributed by atoms with Crippen LogP contribution in [0.15, 0.2) is 73.3 Å². The smallest absolute Gasteiger partial charge is 0.274 e. The molecule has 4 aromatic rings. The second-order valence-corrected chi connectivity index (χ2v) is 8.88. The molecule has 2 heterocycles. The van der Waals surface area contributed by atoms with Crippen LogP contribution in [0.3, 0.4) is 0 Å². The van der Waals surface area contributed by atoms with Crippen molar-refractivity contribution in [2.75, 3.05) is 19.5 Å². The molecule has 1 atom stereocenters. The average Bonchev–Trinajstić information content (AvgIpc) is 2.97. The number of benzene rings is 2. The van der Waals surface area contributed by atoms with Crippen LogP contribution >= 0.6 is 0 Å². The van der Waals surface area contributed by atoms with Gasteiger partial charge >= 0.3 is 0 Å². The number of hydrogen-bond acceptors (Lipinski definition) is 7. The molecule has 38 heavy (non-hydrogen) atoms. The van der Waals surface area contributed by atoms with E-state index in [0.717, 1.165) is 24.0 Å². The third-order valence-corrected chi connectivity index (χ3v) is 6.57. The number of aryl methyl sites for hydroxylation is 1. The largest absolute Gasteiger partial charge is 0.494 e. The van der Waals surface area contributed by atoms with Crippen molar-refractivity contribution in [1.82, 2.24) is 20.3 Å². The molecule has 0 spiro atoms. The summed E-state index contributed by atoms with van der Waals surface area (Å²) in [6.45, 7) is 0. The molecule has 0 saturated carbocycles. The first-order valence-electron chi connectivity index (χ1n) is 12.2. The second kappa shape index (κ2) is 11.1. The highest BCUT2D eigenvalue weighted by atomic mass is 16.5. The fraction of sp³-hybridized carbons (Fsp3) is 0.207. The Bertz CT molecular complexity index is 1450. The van der Waals surface area contributed by atoms with E-state index in [1.54, 1.807) is 48.8 Å². The Kier molecular flexibility index (Phi) is 7.26. The monoisotopic (exact) mass is 509 g/mol. The summed E-state index contributed by atoms with van der Waals surface area (Å²) < 4.78 is 10.7. The van der Waals surface area contributed by atoms with Crippen LogP contribution in [-0.2, 0) is 12.8 Å². The minimum absolute atomic E-state index is 0.0714. The maximum atomic E-state index is 13.1. The highest BCUT2D eigenvalue weighted by molar-refractivity contribution is 6.05. The molecule has 1 aliphatic rings. The van der Waals surface area contributed by atoms with Gasteiger partial charge in [-0.1, -0.05) is 30.3 Å². The van der Waals surface area contributed by atoms with Crippen molar-refractivity contribution in [3.05, 3.63) is 95.8 Å². The van der Waals surface area contributed by atoms with Gasteiger partial charge in [-0.15, -0.1) is 0 Å². The SMILES string of the molecule is COc1cccc(OC)c1NC(=O)c1cccc(C(=O)NC2CCc3cccc(-c4cncnc4)c3C2)n1. The summed E-state index contributed by atoms with van der Waals surface area (Å²) in [5.74, 6) is 0.0866. The summed E-state index contributed by atoms with van der Waals surface area (Å²) in [4.78, 5) is 38.8. The Labute approximate surface area is 220 Å². The predicted octanol–water partition coefficient (Wildman–Crippen LogP) is 4.10. The number of amides is 2. The highest BCUT2D eigenvalue weighted by Crippen LogP contribution is 2.34. The summed E-state index contributed by atoms with van der Waals surface area (Å²) >= 11 is 0. The Balaban J connectivity index is 1.31. The topological polar surface area (TPSA) is 115 Å². The number of para-hydroxylation sites is 1. The third-order valence-electron chi connectivity index (χ3n) is 6.57. The maximum Gasteiger partial charge on any atom is 0.274 e. The first kappa shape index (κ1) is 24.9. The van der Waals surface area contributed by atoms with Crippen molar-refractivity contribution in [2.45, 2.75) is 25.3 Å². The van der Waals surface area contributed by atoms with Gasteiger partial charge in [0.2, 0.25) is 0 Å². The molecule has 2 N–H and O–H groups in total. The highest BCUT2D eigenvalue weighted by Gasteiger charge is 2.24. The van der Waals surface area contributed by atoms with Crippen molar-refractivity contribution in [1.29, 1.82) is 0 Å². The van der Waals surface area contributed by atoms with E-state index in [4.69, 9.17) is 9.47 Å². The van der Waals surface area contributed by atoms with E-state index in [0.29, 0.717) is 23.6 Å². The number of carbonyl (C=O) groups excluding carboxylic acids is 2. The van der Waals surface area contributed by atoms with E-state index in [1.165, 1.54) is 31.7 Å². The van der Waals surface area contributed by atoms with Crippen LogP contribution < -0.4 is 20.1 Å². The molecule has 0 fully saturated rings. The molecule has 9 heteroatoms. The molecule has 2 aromatic heterocycles. The Morgan fingerprint density at radius 3 is 2.24 bits per heavy atom. The van der Waals surface area contributed by atoms with Crippen LogP contribution in [0.5, 0.6) is 11.5 Å². The molecule has 2 amide bonds. The van der Waals surface area contributed by atoms with Gasteiger partial charge in [0.05, 0.1) is 14.2 Å². The molecule has 0 saturated heterocycles. The van der Waals surface area contributed by atoms with Crippen molar-refractivity contribution in [2.24, 2.45) is 0 Å². The van der Waals surface area contributed by atoms with Crippen molar-refractivity contribution < 1.29 is 19.1 Å². The van der Waals surface area contributed by atoms with Gasteiger partial charge in [0, 0.05) is 24.0 Å². The van der Waals surface area contributed by atoms with Crippen molar-refractivity contribution in [3.63, 3.8) is 0 Å². The molecule has 1 aliphatic carbocycles. The average molecular weight is 510 g/mol. The van der Waals surface area contributed by atoms with Crippen LogP contribution in [0.1, 0.15) is 38.5 Å². The standard InChI is InChI=1S/C29H27N5O4/c1-37-25-10-5-11-26(38-2)27(25)34-29(36)24-9-4-8-23(33-24)28(35)32-20-13-12-18-6-3-7-21(22(18)14-20)19-15-30-17-31-16-19/h3-11,15-17,20H,12-14H2,1-2H3,(H,32,35)(H,34,36). The van der Waals surface area contributed by atoms with Gasteiger partial charge in [0.15, 0.2) is 0 Å². The minimum Gasteiger partial charge on any atom is -0.494 e. The Morgan fingerprint density at radius 1 is 0.868 bits per heavy atom. The first-order chi connectivity index (χ1) is 18.6. The zero-order valence-electron chi connectivity index (χ0n) is 21.1. The quantitative estimate of drug-likeness (QED) is 0.385. The zero-order chi connectivity index (χ0) is 26.5. The molecule has 9 nitrogen and oxygen atoms in total. The lowest BCUT2D eigenvalue weighted by Gasteiger charge is -2.27. The van der Waals surface area contributed by atoms with E-state index in [-0.39, 0.29) is 23.3 Å². The molecule has 2 aromatic carbocycles. The lowest BCUT2D eigenvalue weighted by Crippen LogP contribution is -2.39. The van der Waals surface area contributed by atoms with Gasteiger partial charge in [-0.2, -0.15) is 0 Å². The molecule has 1 unspecified atom stereocenters. The number of methoxy groups -OCH3 is 2. The van der Waals surface area contributed by atoms with Crippen LogP contribution in [-0.4, -0.2) is 47.0 Å². The molecular weight excluding hydrogens is 482 g/mol. The number of pyridine rings is 1. The van der Waals surface area contributed by atoms with Crippen LogP contribution in [0.2, 0.25) is 0 Å². The number of anilines is 1. The Hall–Kier alpha value is -4.79. The van der Waals surface area contributed by atoms with E-state index in [2.05, 4.69) is 37.7 Å². The summed E-state index contributed by atoms with van der Waals surface area (Å²) in [5, 5.41) is 5.89. The second-order valence-electron chi connectivity index (χ2n) is 8.88. The van der Waals surface area contributed by atoms with Crippen molar-refractivity contribution >= 4 is 17.5 Å². The maximum absolute atomic E-state index is 13.1. The van der Waals surface area contributed by atoms with Gasteiger partial charge < -0.3 is 20.1 Å². The van der Waals surface area contributed by atoms with Crippen LogP contribution in [0.25, 0.3) is 11.1 Å². The molecule has 192 valence electrons. The Morgan fingerprint density at radius 2 is 1.53 bits per heavy atom. The molecule has 0 aliphatic heterocycles. The minimum atomic E-state index is -0.483. The normalized spacial score (nSPS) is 14.2. The third kappa shape index (κ3) is 5.17. The summed E-state index contributed by atoms with van der Waals surface area (Å²) in [6.07, 6.45) is 7.44. The van der Waals surface area contributed by atoms with E-state index >= 15 is 0 Å². The number of nitrogens with zero attached hydrogens (tertiary/aromatic N) is 3. The number of fused-ring (bicyclic) bond motifs is 1.